The average Bonchev–Trinajstić information content (AvgIpc) is 2.24. The number of ether oxygens (including phenoxy) is 1. The zero-order valence-electron chi connectivity index (χ0n) is 10.3. The molecule has 2 N–H and O–H groups in total. The number of hydrogen-bond donors (Lipinski definition) is 2. The van der Waals surface area contributed by atoms with E-state index in [-0.39, 0.29) is 6.61 Å². The normalized spacial score (nSPS) is 14.3. The molecule has 0 saturated heterocycles. The zero-order chi connectivity index (χ0) is 13.8. The summed E-state index contributed by atoms with van der Waals surface area (Å²) in [4.78, 5) is 0. The molecule has 1 unspecified atom stereocenters. The van der Waals surface area contributed by atoms with Gasteiger partial charge in [0.2, 0.25) is 0 Å². The van der Waals surface area contributed by atoms with Gasteiger partial charge in [-0.15, -0.1) is 0 Å². The van der Waals surface area contributed by atoms with Crippen molar-refractivity contribution in [3.8, 4) is 5.75 Å². The van der Waals surface area contributed by atoms with Gasteiger partial charge in [0.05, 0.1) is 8.95 Å². The van der Waals surface area contributed by atoms with E-state index in [0.29, 0.717) is 12.3 Å². The Labute approximate surface area is 133 Å². The molecule has 0 spiro atoms. The van der Waals surface area contributed by atoms with Gasteiger partial charge in [0.25, 0.3) is 0 Å². The predicted molar refractivity (Wildman–Crippen MR) is 84.2 cm³/mol. The Balaban J connectivity index is 2.69. The van der Waals surface area contributed by atoms with Gasteiger partial charge in [-0.3, -0.25) is 0 Å². The third kappa shape index (κ3) is 5.17. The molecular formula is C12H16Br3NO2. The van der Waals surface area contributed by atoms with Crippen LogP contribution in [0, 0.1) is 0 Å². The van der Waals surface area contributed by atoms with Crippen LogP contribution in [0.2, 0.25) is 0 Å². The molecule has 0 aromatic heterocycles. The molecule has 0 saturated carbocycles. The second-order valence-electron chi connectivity index (χ2n) is 4.26. The number of rotatable bonds is 6. The van der Waals surface area contributed by atoms with Gasteiger partial charge in [-0.05, 0) is 57.5 Å². The summed E-state index contributed by atoms with van der Waals surface area (Å²) in [6, 6.07) is 3.80. The van der Waals surface area contributed by atoms with Gasteiger partial charge in [0, 0.05) is 11.0 Å². The maximum atomic E-state index is 10.1. The Morgan fingerprint density at radius 1 is 1.28 bits per heavy atom. The highest BCUT2D eigenvalue weighted by Gasteiger charge is 2.22. The van der Waals surface area contributed by atoms with E-state index in [4.69, 9.17) is 4.74 Å². The molecule has 0 heterocycles. The van der Waals surface area contributed by atoms with Crippen molar-refractivity contribution in [1.82, 2.24) is 5.32 Å². The standard InChI is InChI=1S/C12H16Br3NO2/c1-3-16-6-12(2,17)7-18-11-9(14)4-8(13)5-10(11)15/h4-5,16-17H,3,6-7H2,1-2H3. The summed E-state index contributed by atoms with van der Waals surface area (Å²) >= 11 is 10.3. The van der Waals surface area contributed by atoms with Crippen LogP contribution in [-0.2, 0) is 0 Å². The van der Waals surface area contributed by atoms with Gasteiger partial charge in [-0.1, -0.05) is 22.9 Å². The molecule has 0 aliphatic heterocycles. The first-order valence-corrected chi connectivity index (χ1v) is 7.94. The summed E-state index contributed by atoms with van der Waals surface area (Å²) in [7, 11) is 0. The first-order valence-electron chi connectivity index (χ1n) is 5.56. The molecule has 1 aromatic carbocycles. The van der Waals surface area contributed by atoms with Gasteiger partial charge in [0.15, 0.2) is 0 Å². The lowest BCUT2D eigenvalue weighted by Crippen LogP contribution is -2.42. The van der Waals surface area contributed by atoms with Gasteiger partial charge in [0.1, 0.15) is 18.0 Å². The van der Waals surface area contributed by atoms with E-state index in [1.54, 1.807) is 6.92 Å². The summed E-state index contributed by atoms with van der Waals surface area (Å²) in [5, 5.41) is 13.2. The smallest absolute Gasteiger partial charge is 0.147 e. The third-order valence-electron chi connectivity index (χ3n) is 2.25. The fourth-order valence-electron chi connectivity index (χ4n) is 1.34. The summed E-state index contributed by atoms with van der Waals surface area (Å²) in [6.07, 6.45) is 0. The lowest BCUT2D eigenvalue weighted by Gasteiger charge is -2.24. The molecule has 0 aliphatic rings. The van der Waals surface area contributed by atoms with Crippen LogP contribution >= 0.6 is 47.8 Å². The van der Waals surface area contributed by atoms with Crippen molar-refractivity contribution in [2.24, 2.45) is 0 Å². The minimum atomic E-state index is -0.901. The molecule has 0 aliphatic carbocycles. The molecule has 18 heavy (non-hydrogen) atoms. The molecule has 0 radical (unpaired) electrons. The molecule has 0 amide bonds. The Bertz CT molecular complexity index is 387. The summed E-state index contributed by atoms with van der Waals surface area (Å²) in [5.41, 5.74) is -0.901. The highest BCUT2D eigenvalue weighted by molar-refractivity contribution is 9.11. The van der Waals surface area contributed by atoms with Gasteiger partial charge >= 0.3 is 0 Å². The van der Waals surface area contributed by atoms with Crippen LogP contribution in [0.5, 0.6) is 5.75 Å². The molecule has 1 rings (SSSR count). The van der Waals surface area contributed by atoms with E-state index >= 15 is 0 Å². The van der Waals surface area contributed by atoms with Crippen molar-refractivity contribution in [3.63, 3.8) is 0 Å². The topological polar surface area (TPSA) is 41.5 Å². The maximum absolute atomic E-state index is 10.1. The largest absolute Gasteiger partial charge is 0.488 e. The molecule has 3 nitrogen and oxygen atoms in total. The van der Waals surface area contributed by atoms with E-state index in [2.05, 4.69) is 53.1 Å². The van der Waals surface area contributed by atoms with Gasteiger partial charge < -0.3 is 15.2 Å². The molecule has 6 heteroatoms. The van der Waals surface area contributed by atoms with Crippen LogP contribution in [0.1, 0.15) is 13.8 Å². The number of likely N-dealkylation sites (N-methyl/N-ethyl adjacent to an activating group) is 1. The van der Waals surface area contributed by atoms with Crippen LogP contribution < -0.4 is 10.1 Å². The van der Waals surface area contributed by atoms with E-state index in [1.165, 1.54) is 0 Å². The Hall–Kier alpha value is 0.380. The number of benzene rings is 1. The highest BCUT2D eigenvalue weighted by Crippen LogP contribution is 2.36. The molecule has 0 bridgehead atoms. The van der Waals surface area contributed by atoms with E-state index in [9.17, 15) is 5.11 Å². The second-order valence-corrected chi connectivity index (χ2v) is 6.89. The minimum Gasteiger partial charge on any atom is -0.488 e. The highest BCUT2D eigenvalue weighted by atomic mass is 79.9. The number of aliphatic hydroxyl groups is 1. The van der Waals surface area contributed by atoms with Crippen LogP contribution in [-0.4, -0.2) is 30.4 Å². The molecule has 1 aromatic rings. The number of hydrogen-bond acceptors (Lipinski definition) is 3. The number of halogens is 3. The van der Waals surface area contributed by atoms with Crippen LogP contribution in [0.4, 0.5) is 0 Å². The van der Waals surface area contributed by atoms with Crippen LogP contribution in [0.25, 0.3) is 0 Å². The Kier molecular flexibility index (Phi) is 6.61. The summed E-state index contributed by atoms with van der Waals surface area (Å²) in [5.74, 6) is 0.690. The summed E-state index contributed by atoms with van der Waals surface area (Å²) < 4.78 is 8.30. The summed E-state index contributed by atoms with van der Waals surface area (Å²) in [6.45, 7) is 5.28. The molecular weight excluding hydrogens is 430 g/mol. The van der Waals surface area contributed by atoms with Crippen molar-refractivity contribution >= 4 is 47.8 Å². The van der Waals surface area contributed by atoms with Crippen molar-refractivity contribution < 1.29 is 9.84 Å². The minimum absolute atomic E-state index is 0.221. The maximum Gasteiger partial charge on any atom is 0.147 e. The Morgan fingerprint density at radius 2 is 1.83 bits per heavy atom. The molecule has 102 valence electrons. The average molecular weight is 446 g/mol. The lowest BCUT2D eigenvalue weighted by atomic mass is 10.1. The van der Waals surface area contributed by atoms with E-state index < -0.39 is 5.60 Å². The van der Waals surface area contributed by atoms with E-state index in [0.717, 1.165) is 20.0 Å². The Morgan fingerprint density at radius 3 is 2.33 bits per heavy atom. The molecule has 1 atom stereocenters. The van der Waals surface area contributed by atoms with Crippen LogP contribution in [0.3, 0.4) is 0 Å². The van der Waals surface area contributed by atoms with Crippen LogP contribution in [0.15, 0.2) is 25.6 Å². The van der Waals surface area contributed by atoms with Gasteiger partial charge in [-0.2, -0.15) is 0 Å². The fourth-order valence-corrected chi connectivity index (χ4v) is 3.83. The monoisotopic (exact) mass is 443 g/mol. The molecule has 0 fully saturated rings. The fraction of sp³-hybridized carbons (Fsp3) is 0.500. The quantitative estimate of drug-likeness (QED) is 0.701. The zero-order valence-corrected chi connectivity index (χ0v) is 15.0. The van der Waals surface area contributed by atoms with Crippen molar-refractivity contribution in [2.45, 2.75) is 19.4 Å². The SMILES string of the molecule is CCNCC(C)(O)COc1c(Br)cc(Br)cc1Br. The van der Waals surface area contributed by atoms with E-state index in [1.807, 2.05) is 19.1 Å². The third-order valence-corrected chi connectivity index (χ3v) is 3.88. The first kappa shape index (κ1) is 16.4. The lowest BCUT2D eigenvalue weighted by molar-refractivity contribution is 0.0122. The second kappa shape index (κ2) is 7.24. The van der Waals surface area contributed by atoms with Crippen molar-refractivity contribution in [2.75, 3.05) is 19.7 Å². The number of nitrogens with one attached hydrogen (secondary N) is 1. The van der Waals surface area contributed by atoms with Crippen molar-refractivity contribution in [1.29, 1.82) is 0 Å². The predicted octanol–water partition coefficient (Wildman–Crippen LogP) is 3.71. The van der Waals surface area contributed by atoms with Crippen molar-refractivity contribution in [3.05, 3.63) is 25.6 Å². The first-order chi connectivity index (χ1) is 8.35. The van der Waals surface area contributed by atoms with Gasteiger partial charge in [-0.25, -0.2) is 0 Å².